The Bertz CT molecular complexity index is 958. The number of nitrogens with zero attached hydrogens (tertiary/aromatic N) is 2. The molecule has 3 nitrogen and oxygen atoms in total. The van der Waals surface area contributed by atoms with Crippen molar-refractivity contribution in [2.75, 3.05) is 0 Å². The first kappa shape index (κ1) is 12.4. The summed E-state index contributed by atoms with van der Waals surface area (Å²) in [7, 11) is 0. The average molecular weight is 294 g/mol. The van der Waals surface area contributed by atoms with Gasteiger partial charge in [-0.2, -0.15) is 5.10 Å². The highest BCUT2D eigenvalue weighted by atomic mass is 35.5. The summed E-state index contributed by atoms with van der Waals surface area (Å²) in [5, 5.41) is 10.1. The van der Waals surface area contributed by atoms with Crippen LogP contribution in [0, 0.1) is 6.92 Å². The number of rotatable bonds is 1. The number of nitrogens with one attached hydrogen (secondary N) is 1. The Hall–Kier alpha value is -2.39. The molecule has 0 fully saturated rings. The molecule has 0 atom stereocenters. The zero-order valence-electron chi connectivity index (χ0n) is 11.4. The maximum absolute atomic E-state index is 6.44. The molecule has 0 bridgehead atoms. The fraction of sp³-hybridized carbons (Fsp3) is 0.0588. The second-order valence-corrected chi connectivity index (χ2v) is 5.44. The molecule has 0 saturated carbocycles. The second kappa shape index (κ2) is 4.57. The van der Waals surface area contributed by atoms with Crippen molar-refractivity contribution in [2.24, 2.45) is 0 Å². The summed E-state index contributed by atoms with van der Waals surface area (Å²) in [6.07, 6.45) is 0. The van der Waals surface area contributed by atoms with Gasteiger partial charge in [0.1, 0.15) is 11.0 Å². The number of fused-ring (bicyclic) bond motifs is 3. The lowest BCUT2D eigenvalue weighted by molar-refractivity contribution is 1.07. The van der Waals surface area contributed by atoms with Crippen LogP contribution in [0.25, 0.3) is 33.1 Å². The predicted octanol–water partition coefficient (Wildman–Crippen LogP) is 4.74. The topological polar surface area (TPSA) is 41.6 Å². The van der Waals surface area contributed by atoms with E-state index in [9.17, 15) is 0 Å². The lowest BCUT2D eigenvalue weighted by Gasteiger charge is -2.09. The molecule has 2 heterocycles. The van der Waals surface area contributed by atoms with Crippen LogP contribution in [0.5, 0.6) is 0 Å². The first-order chi connectivity index (χ1) is 10.3. The minimum atomic E-state index is 0.696. The van der Waals surface area contributed by atoms with Crippen LogP contribution in [0.15, 0.2) is 48.5 Å². The number of H-pyrrole nitrogens is 1. The highest BCUT2D eigenvalue weighted by Gasteiger charge is 2.15. The Labute approximate surface area is 126 Å². The van der Waals surface area contributed by atoms with Gasteiger partial charge in [0.25, 0.3) is 0 Å². The van der Waals surface area contributed by atoms with Crippen LogP contribution in [-0.4, -0.2) is 15.2 Å². The number of aromatic amines is 1. The number of benzene rings is 2. The van der Waals surface area contributed by atoms with Gasteiger partial charge >= 0.3 is 0 Å². The Kier molecular flexibility index (Phi) is 2.69. The van der Waals surface area contributed by atoms with Gasteiger partial charge in [0, 0.05) is 16.3 Å². The van der Waals surface area contributed by atoms with Crippen LogP contribution in [0.2, 0.25) is 5.02 Å². The largest absolute Gasteiger partial charge is 0.280 e. The molecule has 102 valence electrons. The number of halogens is 1. The predicted molar refractivity (Wildman–Crippen MR) is 86.6 cm³/mol. The van der Waals surface area contributed by atoms with Crippen molar-refractivity contribution in [1.82, 2.24) is 15.2 Å². The molecule has 0 aliphatic rings. The van der Waals surface area contributed by atoms with Crippen LogP contribution in [0.1, 0.15) is 5.69 Å². The molecule has 4 rings (SSSR count). The van der Waals surface area contributed by atoms with Crippen molar-refractivity contribution in [2.45, 2.75) is 6.92 Å². The van der Waals surface area contributed by atoms with Gasteiger partial charge in [0.05, 0.1) is 16.4 Å². The maximum atomic E-state index is 6.44. The Morgan fingerprint density at radius 3 is 2.57 bits per heavy atom. The minimum Gasteiger partial charge on any atom is -0.280 e. The van der Waals surface area contributed by atoms with Gasteiger partial charge in [0.2, 0.25) is 0 Å². The van der Waals surface area contributed by atoms with E-state index in [2.05, 4.69) is 10.2 Å². The quantitative estimate of drug-likeness (QED) is 0.551. The number of hydrogen-bond acceptors (Lipinski definition) is 2. The molecule has 0 unspecified atom stereocenters. The minimum absolute atomic E-state index is 0.696. The summed E-state index contributed by atoms with van der Waals surface area (Å²) in [5.74, 6) is 0. The summed E-state index contributed by atoms with van der Waals surface area (Å²) in [5.41, 5.74) is 4.67. The molecule has 4 heteroatoms. The van der Waals surface area contributed by atoms with E-state index < -0.39 is 0 Å². The lowest BCUT2D eigenvalue weighted by atomic mass is 10.0. The summed E-state index contributed by atoms with van der Waals surface area (Å²) in [6, 6.07) is 16.0. The second-order valence-electron chi connectivity index (χ2n) is 5.03. The SMILES string of the molecule is Cc1[nH]nc2c1nc(-c1ccccc1)c1c(Cl)cccc12. The third-order valence-corrected chi connectivity index (χ3v) is 4.01. The van der Waals surface area contributed by atoms with E-state index in [1.54, 1.807) is 0 Å². The summed E-state index contributed by atoms with van der Waals surface area (Å²) in [6.45, 7) is 1.98. The van der Waals surface area contributed by atoms with Crippen LogP contribution in [0.3, 0.4) is 0 Å². The molecule has 2 aromatic heterocycles. The molecule has 0 aliphatic heterocycles. The van der Waals surface area contributed by atoms with E-state index in [4.69, 9.17) is 16.6 Å². The first-order valence-corrected chi connectivity index (χ1v) is 7.12. The van der Waals surface area contributed by atoms with Crippen LogP contribution in [-0.2, 0) is 0 Å². The number of aromatic nitrogens is 3. The highest BCUT2D eigenvalue weighted by molar-refractivity contribution is 6.37. The molecule has 0 aliphatic carbocycles. The van der Waals surface area contributed by atoms with E-state index in [0.717, 1.165) is 38.8 Å². The average Bonchev–Trinajstić information content (AvgIpc) is 2.89. The van der Waals surface area contributed by atoms with Crippen molar-refractivity contribution in [3.8, 4) is 11.3 Å². The number of hydrogen-bond donors (Lipinski definition) is 1. The number of pyridine rings is 1. The zero-order valence-corrected chi connectivity index (χ0v) is 12.1. The molecular weight excluding hydrogens is 282 g/mol. The summed E-state index contributed by atoms with van der Waals surface area (Å²) >= 11 is 6.44. The molecule has 1 N–H and O–H groups in total. The molecule has 2 aromatic carbocycles. The fourth-order valence-electron chi connectivity index (χ4n) is 2.68. The zero-order chi connectivity index (χ0) is 14.4. The van der Waals surface area contributed by atoms with E-state index in [1.165, 1.54) is 0 Å². The lowest BCUT2D eigenvalue weighted by Crippen LogP contribution is -1.90. The smallest absolute Gasteiger partial charge is 0.119 e. The first-order valence-electron chi connectivity index (χ1n) is 6.74. The van der Waals surface area contributed by atoms with Crippen molar-refractivity contribution in [3.05, 3.63) is 59.2 Å². The van der Waals surface area contributed by atoms with Crippen molar-refractivity contribution >= 4 is 33.4 Å². The van der Waals surface area contributed by atoms with E-state index in [0.29, 0.717) is 5.02 Å². The summed E-state index contributed by atoms with van der Waals surface area (Å²) < 4.78 is 0. The molecular formula is C17H12ClN3. The van der Waals surface area contributed by atoms with Gasteiger partial charge in [0.15, 0.2) is 0 Å². The van der Waals surface area contributed by atoms with Crippen molar-refractivity contribution in [3.63, 3.8) is 0 Å². The van der Waals surface area contributed by atoms with Gasteiger partial charge in [-0.1, -0.05) is 54.1 Å². The third-order valence-electron chi connectivity index (χ3n) is 3.69. The van der Waals surface area contributed by atoms with Crippen LogP contribution < -0.4 is 0 Å². The molecule has 0 amide bonds. The summed E-state index contributed by atoms with van der Waals surface area (Å²) in [4.78, 5) is 4.82. The Morgan fingerprint density at radius 1 is 0.952 bits per heavy atom. The van der Waals surface area contributed by atoms with Crippen LogP contribution >= 0.6 is 11.6 Å². The Balaban J connectivity index is 2.24. The third kappa shape index (κ3) is 1.82. The van der Waals surface area contributed by atoms with Crippen LogP contribution in [0.4, 0.5) is 0 Å². The van der Waals surface area contributed by atoms with Gasteiger partial charge < -0.3 is 0 Å². The molecule has 0 radical (unpaired) electrons. The van der Waals surface area contributed by atoms with Gasteiger partial charge in [-0.25, -0.2) is 4.98 Å². The molecule has 0 spiro atoms. The van der Waals surface area contributed by atoms with Crippen molar-refractivity contribution in [1.29, 1.82) is 0 Å². The fourth-order valence-corrected chi connectivity index (χ4v) is 2.95. The normalized spacial score (nSPS) is 11.3. The van der Waals surface area contributed by atoms with Gasteiger partial charge in [-0.15, -0.1) is 0 Å². The number of aryl methyl sites for hydroxylation is 1. The highest BCUT2D eigenvalue weighted by Crippen LogP contribution is 2.36. The van der Waals surface area contributed by atoms with Gasteiger partial charge in [-0.3, -0.25) is 5.10 Å². The maximum Gasteiger partial charge on any atom is 0.119 e. The monoisotopic (exact) mass is 293 g/mol. The Morgan fingerprint density at radius 2 is 1.76 bits per heavy atom. The molecule has 0 saturated heterocycles. The van der Waals surface area contributed by atoms with Gasteiger partial charge in [-0.05, 0) is 13.0 Å². The standard InChI is InChI=1S/C17H12ClN3/c1-10-15-17(21-20-10)12-8-5-9-13(18)14(12)16(19-15)11-6-3-2-4-7-11/h2-9H,1H3,(H,20,21). The van der Waals surface area contributed by atoms with E-state index >= 15 is 0 Å². The van der Waals surface area contributed by atoms with Crippen molar-refractivity contribution < 1.29 is 0 Å². The van der Waals surface area contributed by atoms with E-state index in [1.807, 2.05) is 55.5 Å². The molecule has 4 aromatic rings. The van der Waals surface area contributed by atoms with E-state index in [-0.39, 0.29) is 0 Å². The molecule has 21 heavy (non-hydrogen) atoms.